The number of imidazole rings is 1. The minimum absolute atomic E-state index is 0.149. The number of benzene rings is 1. The number of rotatable bonds is 5. The van der Waals surface area contributed by atoms with Gasteiger partial charge in [0.25, 0.3) is 0 Å². The van der Waals surface area contributed by atoms with E-state index in [1.54, 1.807) is 0 Å². The molecule has 28 heavy (non-hydrogen) atoms. The van der Waals surface area contributed by atoms with Crippen LogP contribution >= 0.6 is 0 Å². The van der Waals surface area contributed by atoms with Crippen molar-refractivity contribution in [3.63, 3.8) is 0 Å². The van der Waals surface area contributed by atoms with Crippen LogP contribution in [0.2, 0.25) is 0 Å². The Morgan fingerprint density at radius 1 is 1.14 bits per heavy atom. The van der Waals surface area contributed by atoms with Gasteiger partial charge in [0, 0.05) is 43.3 Å². The molecule has 5 rings (SSSR count). The Morgan fingerprint density at radius 2 is 2.04 bits per heavy atom. The van der Waals surface area contributed by atoms with Gasteiger partial charge in [-0.05, 0) is 37.7 Å². The van der Waals surface area contributed by atoms with Crippen LogP contribution < -0.4 is 0 Å². The molecule has 1 saturated heterocycles. The van der Waals surface area contributed by atoms with Crippen molar-refractivity contribution >= 4 is 16.8 Å². The average Bonchev–Trinajstić information content (AvgIpc) is 3.32. The monoisotopic (exact) mass is 377 g/mol. The number of piperidine rings is 1. The second kappa shape index (κ2) is 7.41. The fraction of sp³-hybridized carbons (Fsp3) is 0.500. The lowest BCUT2D eigenvalue weighted by Gasteiger charge is -2.33. The minimum Gasteiger partial charge on any atom is -0.340 e. The molecule has 0 spiro atoms. The Hall–Kier alpha value is -2.63. The number of likely N-dealkylation sites (tertiary alicyclic amines) is 1. The number of aromatic nitrogens is 4. The fourth-order valence-electron chi connectivity index (χ4n) is 4.58. The van der Waals surface area contributed by atoms with Crippen molar-refractivity contribution in [2.75, 3.05) is 13.1 Å². The van der Waals surface area contributed by atoms with Crippen molar-refractivity contribution in [2.24, 2.45) is 5.92 Å². The molecule has 0 unspecified atom stereocenters. The van der Waals surface area contributed by atoms with Crippen molar-refractivity contribution in [1.82, 2.24) is 24.2 Å². The third-order valence-corrected chi connectivity index (χ3v) is 6.40. The summed E-state index contributed by atoms with van der Waals surface area (Å²) in [6.45, 7) is 2.98. The second-order valence-electron chi connectivity index (χ2n) is 8.27. The Labute approximate surface area is 165 Å². The molecule has 3 aromatic rings. The first-order valence-corrected chi connectivity index (χ1v) is 10.5. The van der Waals surface area contributed by atoms with Crippen LogP contribution in [0.1, 0.15) is 43.8 Å². The average molecular weight is 377 g/mol. The van der Waals surface area contributed by atoms with E-state index in [1.165, 1.54) is 19.3 Å². The van der Waals surface area contributed by atoms with E-state index in [-0.39, 0.29) is 5.91 Å². The highest BCUT2D eigenvalue weighted by atomic mass is 16.2. The summed E-state index contributed by atoms with van der Waals surface area (Å²) in [6, 6.07) is 8.04. The van der Waals surface area contributed by atoms with E-state index in [2.05, 4.69) is 20.8 Å². The first-order chi connectivity index (χ1) is 13.8. The number of hydrogen-bond acceptors (Lipinski definition) is 3. The lowest BCUT2D eigenvalue weighted by atomic mass is 9.85. The summed E-state index contributed by atoms with van der Waals surface area (Å²) in [5.41, 5.74) is 1.01. The van der Waals surface area contributed by atoms with Crippen LogP contribution in [0.25, 0.3) is 10.9 Å². The second-order valence-corrected chi connectivity index (χ2v) is 8.27. The molecule has 2 fully saturated rings. The molecule has 2 aromatic heterocycles. The lowest BCUT2D eigenvalue weighted by Crippen LogP contribution is -2.41. The van der Waals surface area contributed by atoms with Crippen molar-refractivity contribution in [1.29, 1.82) is 0 Å². The van der Waals surface area contributed by atoms with Crippen molar-refractivity contribution in [2.45, 2.75) is 51.1 Å². The predicted molar refractivity (Wildman–Crippen MR) is 108 cm³/mol. The first-order valence-electron chi connectivity index (χ1n) is 10.5. The predicted octanol–water partition coefficient (Wildman–Crippen LogP) is 3.44. The molecule has 0 bridgehead atoms. The van der Waals surface area contributed by atoms with E-state index in [4.69, 9.17) is 0 Å². The topological polar surface area (TPSA) is 56.0 Å². The zero-order valence-electron chi connectivity index (χ0n) is 16.2. The van der Waals surface area contributed by atoms with Crippen LogP contribution in [0.4, 0.5) is 0 Å². The summed E-state index contributed by atoms with van der Waals surface area (Å²) >= 11 is 0. The van der Waals surface area contributed by atoms with Crippen LogP contribution in [-0.4, -0.2) is 43.2 Å². The van der Waals surface area contributed by atoms with Gasteiger partial charge in [0.2, 0.25) is 5.91 Å². The molecule has 146 valence electrons. The van der Waals surface area contributed by atoms with Gasteiger partial charge in [-0.15, -0.1) is 0 Å². The molecule has 1 aliphatic heterocycles. The number of hydrogen-bond donors (Lipinski definition) is 0. The van der Waals surface area contributed by atoms with E-state index >= 15 is 0 Å². The summed E-state index contributed by atoms with van der Waals surface area (Å²) in [5.74, 6) is 2.45. The maximum absolute atomic E-state index is 13.0. The largest absolute Gasteiger partial charge is 0.340 e. The molecule has 1 saturated carbocycles. The quantitative estimate of drug-likeness (QED) is 0.684. The van der Waals surface area contributed by atoms with E-state index in [0.29, 0.717) is 12.5 Å². The molecule has 1 aromatic carbocycles. The van der Waals surface area contributed by atoms with Gasteiger partial charge in [-0.25, -0.2) is 4.98 Å². The van der Waals surface area contributed by atoms with Gasteiger partial charge in [-0.1, -0.05) is 24.6 Å². The molecular weight excluding hydrogens is 350 g/mol. The first kappa shape index (κ1) is 17.5. The lowest BCUT2D eigenvalue weighted by molar-refractivity contribution is -0.133. The molecule has 6 nitrogen and oxygen atoms in total. The summed E-state index contributed by atoms with van der Waals surface area (Å²) in [5, 5.41) is 5.49. The van der Waals surface area contributed by atoms with Crippen molar-refractivity contribution in [3.05, 3.63) is 48.7 Å². The summed E-state index contributed by atoms with van der Waals surface area (Å²) in [7, 11) is 0. The van der Waals surface area contributed by atoms with Gasteiger partial charge < -0.3 is 9.47 Å². The van der Waals surface area contributed by atoms with E-state index < -0.39 is 0 Å². The number of fused-ring (bicyclic) bond motifs is 1. The maximum Gasteiger partial charge on any atom is 0.244 e. The molecule has 1 aliphatic carbocycles. The molecular formula is C22H27N5O. The number of carbonyl (C=O) groups is 1. The Kier molecular flexibility index (Phi) is 4.63. The van der Waals surface area contributed by atoms with Crippen LogP contribution in [0.3, 0.4) is 0 Å². The molecule has 6 heteroatoms. The Morgan fingerprint density at radius 3 is 2.89 bits per heavy atom. The smallest absolute Gasteiger partial charge is 0.244 e. The van der Waals surface area contributed by atoms with Crippen molar-refractivity contribution in [3.8, 4) is 0 Å². The molecule has 1 amide bonds. The standard InChI is InChI=1S/C22H27N5O/c28-21(16-27-20-9-2-1-7-18(20)13-24-27)25-11-4-8-19(15-25)22-23-10-12-26(22)14-17-5-3-6-17/h1-2,7,9-10,12-13,17,19H,3-6,8,11,14-16H2/t19-/m0/s1. The van der Waals surface area contributed by atoms with E-state index in [9.17, 15) is 4.79 Å². The van der Waals surface area contributed by atoms with Gasteiger partial charge in [-0.2, -0.15) is 5.10 Å². The molecule has 2 aliphatic rings. The van der Waals surface area contributed by atoms with Gasteiger partial charge >= 0.3 is 0 Å². The van der Waals surface area contributed by atoms with Crippen LogP contribution in [-0.2, 0) is 17.9 Å². The molecule has 1 atom stereocenters. The van der Waals surface area contributed by atoms with E-state index in [0.717, 1.165) is 55.1 Å². The Bertz CT molecular complexity index is 970. The zero-order valence-corrected chi connectivity index (χ0v) is 16.2. The minimum atomic E-state index is 0.149. The van der Waals surface area contributed by atoms with Crippen LogP contribution in [0.5, 0.6) is 0 Å². The third kappa shape index (κ3) is 3.32. The fourth-order valence-corrected chi connectivity index (χ4v) is 4.58. The highest BCUT2D eigenvalue weighted by Gasteiger charge is 2.28. The number of para-hydroxylation sites is 1. The van der Waals surface area contributed by atoms with Gasteiger partial charge in [-0.3, -0.25) is 9.48 Å². The SMILES string of the molecule is O=C(Cn1ncc2ccccc21)N1CCC[C@H](c2nccn2CC2CCC2)C1. The van der Waals surface area contributed by atoms with Gasteiger partial charge in [0.1, 0.15) is 12.4 Å². The normalized spacial score (nSPS) is 20.4. The van der Waals surface area contributed by atoms with Gasteiger partial charge in [0.15, 0.2) is 0 Å². The Balaban J connectivity index is 1.28. The van der Waals surface area contributed by atoms with Crippen molar-refractivity contribution < 1.29 is 4.79 Å². The highest BCUT2D eigenvalue weighted by Crippen LogP contribution is 2.31. The third-order valence-electron chi connectivity index (χ3n) is 6.40. The number of amides is 1. The maximum atomic E-state index is 13.0. The molecule has 0 N–H and O–H groups in total. The number of carbonyl (C=O) groups excluding carboxylic acids is 1. The molecule has 0 radical (unpaired) electrons. The summed E-state index contributed by atoms with van der Waals surface area (Å²) in [4.78, 5) is 19.7. The summed E-state index contributed by atoms with van der Waals surface area (Å²) in [6.07, 6.45) is 12.1. The van der Waals surface area contributed by atoms with Gasteiger partial charge in [0.05, 0.1) is 11.7 Å². The van der Waals surface area contributed by atoms with E-state index in [1.807, 2.05) is 46.2 Å². The highest BCUT2D eigenvalue weighted by molar-refractivity contribution is 5.82. The summed E-state index contributed by atoms with van der Waals surface area (Å²) < 4.78 is 4.16. The van der Waals surface area contributed by atoms with Crippen LogP contribution in [0, 0.1) is 5.92 Å². The molecule has 3 heterocycles. The van der Waals surface area contributed by atoms with Crippen LogP contribution in [0.15, 0.2) is 42.9 Å². The zero-order chi connectivity index (χ0) is 18.9. The number of nitrogens with zero attached hydrogens (tertiary/aromatic N) is 5.